The van der Waals surface area contributed by atoms with E-state index in [2.05, 4.69) is 72.6 Å². The van der Waals surface area contributed by atoms with Gasteiger partial charge in [-0.3, -0.25) is 4.98 Å². The van der Waals surface area contributed by atoms with Crippen LogP contribution in [0.4, 0.5) is 0 Å². The Balaban J connectivity index is 1.69. The minimum atomic E-state index is 0.246. The maximum absolute atomic E-state index is 6.38. The molecule has 1 atom stereocenters. The van der Waals surface area contributed by atoms with Crippen molar-refractivity contribution in [3.63, 3.8) is 0 Å². The summed E-state index contributed by atoms with van der Waals surface area (Å²) in [5.74, 6) is 1.93. The molecule has 4 rings (SSSR count). The van der Waals surface area contributed by atoms with Gasteiger partial charge < -0.3 is 9.47 Å². The lowest BCUT2D eigenvalue weighted by molar-refractivity contribution is 0.200. The Hall–Kier alpha value is -2.81. The first kappa shape index (κ1) is 20.5. The molecule has 30 heavy (non-hydrogen) atoms. The van der Waals surface area contributed by atoms with E-state index in [9.17, 15) is 0 Å². The Labute approximate surface area is 180 Å². The molecule has 3 aromatic rings. The van der Waals surface area contributed by atoms with Gasteiger partial charge in [-0.25, -0.2) is 0 Å². The fourth-order valence-electron chi connectivity index (χ4n) is 4.39. The summed E-state index contributed by atoms with van der Waals surface area (Å²) in [6.45, 7) is 2.15. The zero-order valence-corrected chi connectivity index (χ0v) is 18.0. The van der Waals surface area contributed by atoms with E-state index in [1.54, 1.807) is 7.11 Å². The molecule has 3 nitrogen and oxygen atoms in total. The van der Waals surface area contributed by atoms with Crippen molar-refractivity contribution in [1.29, 1.82) is 0 Å². The smallest absolute Gasteiger partial charge is 0.161 e. The zero-order chi connectivity index (χ0) is 20.8. The van der Waals surface area contributed by atoms with E-state index in [-0.39, 0.29) is 5.92 Å². The van der Waals surface area contributed by atoms with Crippen molar-refractivity contribution < 1.29 is 9.47 Å². The van der Waals surface area contributed by atoms with Crippen molar-refractivity contribution in [2.45, 2.75) is 57.5 Å². The van der Waals surface area contributed by atoms with Crippen LogP contribution in [-0.2, 0) is 12.8 Å². The highest BCUT2D eigenvalue weighted by Gasteiger charge is 2.21. The average molecular weight is 402 g/mol. The van der Waals surface area contributed by atoms with Crippen LogP contribution in [0.2, 0.25) is 0 Å². The predicted octanol–water partition coefficient (Wildman–Crippen LogP) is 6.35. The molecule has 0 bridgehead atoms. The number of nitrogens with zero attached hydrogens (tertiary/aromatic N) is 1. The van der Waals surface area contributed by atoms with Crippen molar-refractivity contribution in [2.75, 3.05) is 7.11 Å². The zero-order valence-electron chi connectivity index (χ0n) is 18.0. The number of hydrogen-bond donors (Lipinski definition) is 0. The van der Waals surface area contributed by atoms with Gasteiger partial charge in [-0.05, 0) is 79.5 Å². The van der Waals surface area contributed by atoms with Gasteiger partial charge >= 0.3 is 0 Å². The van der Waals surface area contributed by atoms with E-state index >= 15 is 0 Å². The first-order valence-corrected chi connectivity index (χ1v) is 11.1. The summed E-state index contributed by atoms with van der Waals surface area (Å²) in [5.41, 5.74) is 5.01. The minimum absolute atomic E-state index is 0.246. The third kappa shape index (κ3) is 4.84. The quantitative estimate of drug-likeness (QED) is 0.441. The number of ether oxygens (including phenoxy) is 2. The molecule has 3 heteroatoms. The van der Waals surface area contributed by atoms with E-state index in [0.29, 0.717) is 6.10 Å². The maximum atomic E-state index is 6.38. The molecule has 1 heterocycles. The third-order valence-corrected chi connectivity index (χ3v) is 6.07. The highest BCUT2D eigenvalue weighted by Crippen LogP contribution is 2.37. The molecule has 2 aromatic carbocycles. The second-order valence-electron chi connectivity index (χ2n) is 8.11. The van der Waals surface area contributed by atoms with Crippen LogP contribution in [0, 0.1) is 0 Å². The number of aromatic nitrogens is 1. The van der Waals surface area contributed by atoms with Gasteiger partial charge in [0.1, 0.15) is 0 Å². The van der Waals surface area contributed by atoms with Crippen LogP contribution in [0.15, 0.2) is 66.9 Å². The van der Waals surface area contributed by atoms with Gasteiger partial charge in [-0.1, -0.05) is 43.3 Å². The minimum Gasteiger partial charge on any atom is -0.493 e. The lowest BCUT2D eigenvalue weighted by Crippen LogP contribution is -2.12. The first-order chi connectivity index (χ1) is 14.8. The van der Waals surface area contributed by atoms with E-state index in [1.807, 2.05) is 6.20 Å². The molecule has 156 valence electrons. The van der Waals surface area contributed by atoms with Crippen molar-refractivity contribution in [3.05, 3.63) is 89.2 Å². The van der Waals surface area contributed by atoms with Crippen LogP contribution in [0.3, 0.4) is 0 Å². The molecule has 0 radical (unpaired) electrons. The number of aryl methyl sites for hydroxylation is 1. The Morgan fingerprint density at radius 3 is 2.47 bits per heavy atom. The number of benzene rings is 2. The van der Waals surface area contributed by atoms with Crippen molar-refractivity contribution in [1.82, 2.24) is 4.98 Å². The van der Waals surface area contributed by atoms with Crippen LogP contribution < -0.4 is 9.47 Å². The van der Waals surface area contributed by atoms with E-state index in [0.717, 1.165) is 42.9 Å². The molecule has 0 saturated heterocycles. The van der Waals surface area contributed by atoms with Crippen LogP contribution >= 0.6 is 0 Å². The number of pyridine rings is 1. The van der Waals surface area contributed by atoms with Crippen LogP contribution in [0.25, 0.3) is 0 Å². The highest BCUT2D eigenvalue weighted by molar-refractivity contribution is 5.47. The monoisotopic (exact) mass is 401 g/mol. The summed E-state index contributed by atoms with van der Waals surface area (Å²) in [7, 11) is 1.72. The second kappa shape index (κ2) is 9.80. The van der Waals surface area contributed by atoms with E-state index in [4.69, 9.17) is 9.47 Å². The fourth-order valence-corrected chi connectivity index (χ4v) is 4.39. The molecule has 0 unspecified atom stereocenters. The van der Waals surface area contributed by atoms with Gasteiger partial charge in [0.2, 0.25) is 0 Å². The summed E-state index contributed by atoms with van der Waals surface area (Å²) in [4.78, 5) is 4.47. The molecule has 0 spiro atoms. The summed E-state index contributed by atoms with van der Waals surface area (Å²) in [6, 6.07) is 21.5. The molecule has 0 N–H and O–H groups in total. The van der Waals surface area contributed by atoms with Crippen LogP contribution in [0.1, 0.15) is 60.9 Å². The van der Waals surface area contributed by atoms with Gasteiger partial charge in [-0.2, -0.15) is 0 Å². The first-order valence-electron chi connectivity index (χ1n) is 11.1. The number of methoxy groups -OCH3 is 1. The Kier molecular flexibility index (Phi) is 6.68. The molecule has 1 aliphatic rings. The van der Waals surface area contributed by atoms with Gasteiger partial charge in [-0.15, -0.1) is 0 Å². The van der Waals surface area contributed by atoms with E-state index in [1.165, 1.54) is 29.5 Å². The van der Waals surface area contributed by atoms with Gasteiger partial charge in [0, 0.05) is 17.8 Å². The van der Waals surface area contributed by atoms with Crippen molar-refractivity contribution in [2.24, 2.45) is 0 Å². The molecular formula is C27H31NO2. The normalized spacial score (nSPS) is 15.1. The fraction of sp³-hybridized carbons (Fsp3) is 0.370. The summed E-state index contributed by atoms with van der Waals surface area (Å²) in [6.07, 6.45) is 8.87. The molecule has 0 aliphatic heterocycles. The van der Waals surface area contributed by atoms with Gasteiger partial charge in [0.15, 0.2) is 11.5 Å². The molecular weight excluding hydrogens is 370 g/mol. The standard InChI is InChI=1S/C27H31NO2/c1-3-23-17-20(15-16-28-23)18-25(21-9-5-4-6-10-21)22-13-14-26(29-2)27(19-22)30-24-11-7-8-12-24/h4-6,9-10,13-17,19,24-25H,3,7-8,11-12,18H2,1-2H3/t25-/m1/s1. The SMILES string of the molecule is CCc1cc(C[C@H](c2ccccc2)c2ccc(OC)c(OC3CCCC3)c2)ccn1. The number of hydrogen-bond acceptors (Lipinski definition) is 3. The lowest BCUT2D eigenvalue weighted by atomic mass is 9.86. The average Bonchev–Trinajstić information content (AvgIpc) is 3.31. The largest absolute Gasteiger partial charge is 0.493 e. The highest BCUT2D eigenvalue weighted by atomic mass is 16.5. The second-order valence-corrected chi connectivity index (χ2v) is 8.11. The Morgan fingerprint density at radius 1 is 0.933 bits per heavy atom. The lowest BCUT2D eigenvalue weighted by Gasteiger charge is -2.22. The van der Waals surface area contributed by atoms with Crippen molar-refractivity contribution in [3.8, 4) is 11.5 Å². The Bertz CT molecular complexity index is 948. The van der Waals surface area contributed by atoms with Crippen molar-refractivity contribution >= 4 is 0 Å². The van der Waals surface area contributed by atoms with Crippen LogP contribution in [-0.4, -0.2) is 18.2 Å². The molecule has 0 amide bonds. The molecule has 1 aromatic heterocycles. The maximum Gasteiger partial charge on any atom is 0.161 e. The summed E-state index contributed by atoms with van der Waals surface area (Å²) < 4.78 is 12.0. The van der Waals surface area contributed by atoms with Gasteiger partial charge in [0.25, 0.3) is 0 Å². The summed E-state index contributed by atoms with van der Waals surface area (Å²) in [5, 5.41) is 0. The molecule has 1 aliphatic carbocycles. The van der Waals surface area contributed by atoms with E-state index < -0.39 is 0 Å². The third-order valence-electron chi connectivity index (χ3n) is 6.07. The Morgan fingerprint density at radius 2 is 1.73 bits per heavy atom. The number of rotatable bonds is 8. The molecule has 1 fully saturated rings. The predicted molar refractivity (Wildman–Crippen MR) is 121 cm³/mol. The topological polar surface area (TPSA) is 31.4 Å². The van der Waals surface area contributed by atoms with Gasteiger partial charge in [0.05, 0.1) is 13.2 Å². The van der Waals surface area contributed by atoms with Crippen LogP contribution in [0.5, 0.6) is 11.5 Å². The summed E-state index contributed by atoms with van der Waals surface area (Å²) >= 11 is 0. The molecule has 1 saturated carbocycles.